The van der Waals surface area contributed by atoms with Gasteiger partial charge in [0, 0.05) is 31.3 Å². The molecule has 0 aromatic carbocycles. The molecule has 3 nitrogen and oxygen atoms in total. The van der Waals surface area contributed by atoms with Gasteiger partial charge in [0.05, 0.1) is 6.61 Å². The first kappa shape index (κ1) is 12.9. The van der Waals surface area contributed by atoms with Gasteiger partial charge in [0.2, 0.25) is 0 Å². The standard InChI is InChI=1S/C12H26N2O/c1-10(11-5-8-15-9-11)13-6-7-14-12(2,3)4/h10-11,13-14H,5-9H2,1-4H3. The van der Waals surface area contributed by atoms with E-state index in [1.807, 2.05) is 0 Å². The van der Waals surface area contributed by atoms with Gasteiger partial charge in [-0.2, -0.15) is 0 Å². The minimum absolute atomic E-state index is 0.224. The number of hydrogen-bond donors (Lipinski definition) is 2. The first-order valence-corrected chi connectivity index (χ1v) is 6.05. The summed E-state index contributed by atoms with van der Waals surface area (Å²) in [6.45, 7) is 12.8. The summed E-state index contributed by atoms with van der Waals surface area (Å²) in [5, 5.41) is 7.03. The van der Waals surface area contributed by atoms with E-state index in [1.165, 1.54) is 6.42 Å². The Hall–Kier alpha value is -0.120. The lowest BCUT2D eigenvalue weighted by Crippen LogP contribution is -2.43. The van der Waals surface area contributed by atoms with Crippen LogP contribution in [0.2, 0.25) is 0 Å². The second-order valence-corrected chi connectivity index (χ2v) is 5.54. The molecule has 0 aliphatic carbocycles. The summed E-state index contributed by atoms with van der Waals surface area (Å²) in [5.41, 5.74) is 0.224. The Balaban J connectivity index is 2.04. The number of nitrogens with one attached hydrogen (secondary N) is 2. The van der Waals surface area contributed by atoms with Crippen LogP contribution in [0.15, 0.2) is 0 Å². The predicted molar refractivity (Wildman–Crippen MR) is 64.1 cm³/mol. The summed E-state index contributed by atoms with van der Waals surface area (Å²) in [7, 11) is 0. The SMILES string of the molecule is CC(NCCNC(C)(C)C)C1CCOC1. The number of rotatable bonds is 5. The van der Waals surface area contributed by atoms with Gasteiger partial charge < -0.3 is 15.4 Å². The lowest BCUT2D eigenvalue weighted by atomic mass is 10.0. The van der Waals surface area contributed by atoms with E-state index in [2.05, 4.69) is 38.3 Å². The van der Waals surface area contributed by atoms with E-state index < -0.39 is 0 Å². The van der Waals surface area contributed by atoms with E-state index in [0.29, 0.717) is 12.0 Å². The molecular formula is C12H26N2O. The molecule has 2 N–H and O–H groups in total. The zero-order chi connectivity index (χ0) is 11.3. The van der Waals surface area contributed by atoms with Gasteiger partial charge in [-0.3, -0.25) is 0 Å². The maximum absolute atomic E-state index is 5.38. The van der Waals surface area contributed by atoms with E-state index in [0.717, 1.165) is 26.3 Å². The molecular weight excluding hydrogens is 188 g/mol. The molecule has 2 unspecified atom stereocenters. The first-order chi connectivity index (χ1) is 6.99. The highest BCUT2D eigenvalue weighted by Crippen LogP contribution is 2.15. The summed E-state index contributed by atoms with van der Waals surface area (Å²) in [5.74, 6) is 0.708. The third-order valence-corrected chi connectivity index (χ3v) is 2.92. The quantitative estimate of drug-likeness (QED) is 0.679. The Morgan fingerprint density at radius 1 is 1.33 bits per heavy atom. The molecule has 0 bridgehead atoms. The third-order valence-electron chi connectivity index (χ3n) is 2.92. The fourth-order valence-electron chi connectivity index (χ4n) is 1.85. The van der Waals surface area contributed by atoms with Crippen molar-refractivity contribution >= 4 is 0 Å². The topological polar surface area (TPSA) is 33.3 Å². The van der Waals surface area contributed by atoms with Gasteiger partial charge in [-0.1, -0.05) is 0 Å². The largest absolute Gasteiger partial charge is 0.381 e. The molecule has 0 aromatic rings. The van der Waals surface area contributed by atoms with Crippen molar-refractivity contribution in [3.05, 3.63) is 0 Å². The van der Waals surface area contributed by atoms with Gasteiger partial charge in [-0.15, -0.1) is 0 Å². The van der Waals surface area contributed by atoms with Gasteiger partial charge >= 0.3 is 0 Å². The predicted octanol–water partition coefficient (Wildman–Crippen LogP) is 1.39. The van der Waals surface area contributed by atoms with Crippen LogP contribution in [-0.2, 0) is 4.74 Å². The molecule has 0 saturated carbocycles. The van der Waals surface area contributed by atoms with Crippen molar-refractivity contribution in [1.82, 2.24) is 10.6 Å². The molecule has 0 aromatic heterocycles. The lowest BCUT2D eigenvalue weighted by molar-refractivity contribution is 0.178. The van der Waals surface area contributed by atoms with Gasteiger partial charge in [0.1, 0.15) is 0 Å². The van der Waals surface area contributed by atoms with Crippen LogP contribution in [0.1, 0.15) is 34.1 Å². The van der Waals surface area contributed by atoms with Crippen molar-refractivity contribution < 1.29 is 4.74 Å². The fourth-order valence-corrected chi connectivity index (χ4v) is 1.85. The van der Waals surface area contributed by atoms with Gasteiger partial charge in [0.25, 0.3) is 0 Å². The zero-order valence-electron chi connectivity index (χ0n) is 10.6. The Bertz CT molecular complexity index is 171. The van der Waals surface area contributed by atoms with E-state index in [9.17, 15) is 0 Å². The molecule has 1 fully saturated rings. The molecule has 1 aliphatic heterocycles. The molecule has 1 aliphatic rings. The van der Waals surface area contributed by atoms with Crippen molar-refractivity contribution in [2.24, 2.45) is 5.92 Å². The van der Waals surface area contributed by atoms with E-state index in [1.54, 1.807) is 0 Å². The summed E-state index contributed by atoms with van der Waals surface area (Å²) in [4.78, 5) is 0. The van der Waals surface area contributed by atoms with Crippen molar-refractivity contribution in [2.45, 2.75) is 45.7 Å². The molecule has 0 spiro atoms. The van der Waals surface area contributed by atoms with E-state index >= 15 is 0 Å². The average Bonchev–Trinajstić information content (AvgIpc) is 2.63. The fraction of sp³-hybridized carbons (Fsp3) is 1.00. The zero-order valence-corrected chi connectivity index (χ0v) is 10.6. The Labute approximate surface area is 94.0 Å². The minimum atomic E-state index is 0.224. The van der Waals surface area contributed by atoms with Crippen molar-refractivity contribution in [3.8, 4) is 0 Å². The van der Waals surface area contributed by atoms with Gasteiger partial charge in [-0.05, 0) is 40.0 Å². The van der Waals surface area contributed by atoms with Crippen LogP contribution in [0.5, 0.6) is 0 Å². The van der Waals surface area contributed by atoms with Crippen LogP contribution in [-0.4, -0.2) is 37.9 Å². The van der Waals surface area contributed by atoms with E-state index in [-0.39, 0.29) is 5.54 Å². The highest BCUT2D eigenvalue weighted by Gasteiger charge is 2.21. The second-order valence-electron chi connectivity index (χ2n) is 5.54. The molecule has 3 heteroatoms. The molecule has 90 valence electrons. The first-order valence-electron chi connectivity index (χ1n) is 6.05. The van der Waals surface area contributed by atoms with Gasteiger partial charge in [0.15, 0.2) is 0 Å². The monoisotopic (exact) mass is 214 g/mol. The Morgan fingerprint density at radius 3 is 2.60 bits per heavy atom. The summed E-state index contributed by atoms with van der Waals surface area (Å²) >= 11 is 0. The van der Waals surface area contributed by atoms with Crippen LogP contribution in [0, 0.1) is 5.92 Å². The van der Waals surface area contributed by atoms with E-state index in [4.69, 9.17) is 4.74 Å². The second kappa shape index (κ2) is 5.83. The third kappa shape index (κ3) is 5.50. The lowest BCUT2D eigenvalue weighted by Gasteiger charge is -2.23. The maximum atomic E-state index is 5.38. The Morgan fingerprint density at radius 2 is 2.07 bits per heavy atom. The Kier molecular flexibility index (Phi) is 5.03. The highest BCUT2D eigenvalue weighted by molar-refractivity contribution is 4.77. The smallest absolute Gasteiger partial charge is 0.0509 e. The molecule has 15 heavy (non-hydrogen) atoms. The molecule has 0 radical (unpaired) electrons. The molecule has 1 heterocycles. The normalized spacial score (nSPS) is 24.4. The van der Waals surface area contributed by atoms with Crippen LogP contribution in [0.3, 0.4) is 0 Å². The highest BCUT2D eigenvalue weighted by atomic mass is 16.5. The summed E-state index contributed by atoms with van der Waals surface area (Å²) in [6.07, 6.45) is 1.21. The number of hydrogen-bond acceptors (Lipinski definition) is 3. The van der Waals surface area contributed by atoms with Crippen LogP contribution < -0.4 is 10.6 Å². The molecule has 0 amide bonds. The minimum Gasteiger partial charge on any atom is -0.381 e. The van der Waals surface area contributed by atoms with Crippen molar-refractivity contribution in [3.63, 3.8) is 0 Å². The van der Waals surface area contributed by atoms with Crippen molar-refractivity contribution in [2.75, 3.05) is 26.3 Å². The molecule has 2 atom stereocenters. The van der Waals surface area contributed by atoms with Crippen molar-refractivity contribution in [1.29, 1.82) is 0 Å². The maximum Gasteiger partial charge on any atom is 0.0509 e. The van der Waals surface area contributed by atoms with Crippen LogP contribution in [0.25, 0.3) is 0 Å². The average molecular weight is 214 g/mol. The van der Waals surface area contributed by atoms with Crippen LogP contribution >= 0.6 is 0 Å². The van der Waals surface area contributed by atoms with Crippen LogP contribution in [0.4, 0.5) is 0 Å². The molecule has 1 saturated heterocycles. The molecule has 1 rings (SSSR count). The van der Waals surface area contributed by atoms with Gasteiger partial charge in [-0.25, -0.2) is 0 Å². The number of ether oxygens (including phenoxy) is 1. The summed E-state index contributed by atoms with van der Waals surface area (Å²) in [6, 6.07) is 0.578. The summed E-state index contributed by atoms with van der Waals surface area (Å²) < 4.78 is 5.38.